The number of carbonyl (C=O) groups excluding carboxylic acids is 3. The van der Waals surface area contributed by atoms with Gasteiger partial charge in [-0.25, -0.2) is 0 Å². The van der Waals surface area contributed by atoms with E-state index in [1.807, 2.05) is 7.05 Å². The summed E-state index contributed by atoms with van der Waals surface area (Å²) in [5, 5.41) is 22.1. The SMILES string of the molecule is CS(=O)(=O)O.Cc1oc2c(c1C(=O)N1CCN(C)CC1)C(=O)c1c(c(O)c3ccccc3c1O)C2=O. The minimum absolute atomic E-state index is 0.0376. The molecular formula is C24H24N2O9S. The van der Waals surface area contributed by atoms with Gasteiger partial charge in [0.15, 0.2) is 5.76 Å². The zero-order valence-electron chi connectivity index (χ0n) is 19.7. The van der Waals surface area contributed by atoms with Crippen LogP contribution in [0.1, 0.15) is 48.2 Å². The zero-order valence-corrected chi connectivity index (χ0v) is 20.5. The highest BCUT2D eigenvalue weighted by atomic mass is 32.2. The molecule has 2 heterocycles. The molecule has 2 aliphatic rings. The lowest BCUT2D eigenvalue weighted by Crippen LogP contribution is -2.47. The quantitative estimate of drug-likeness (QED) is 0.251. The van der Waals surface area contributed by atoms with Gasteiger partial charge in [-0.3, -0.25) is 18.9 Å². The minimum Gasteiger partial charge on any atom is -0.506 e. The molecular weight excluding hydrogens is 492 g/mol. The third-order valence-corrected chi connectivity index (χ3v) is 6.14. The monoisotopic (exact) mass is 516 g/mol. The van der Waals surface area contributed by atoms with Crippen molar-refractivity contribution in [3.63, 3.8) is 0 Å². The summed E-state index contributed by atoms with van der Waals surface area (Å²) in [6.07, 6.45) is 0.715. The Balaban J connectivity index is 0.000000556. The van der Waals surface area contributed by atoms with E-state index in [-0.39, 0.29) is 50.5 Å². The number of fused-ring (bicyclic) bond motifs is 3. The van der Waals surface area contributed by atoms with Crippen LogP contribution in [0.2, 0.25) is 0 Å². The number of piperazine rings is 1. The van der Waals surface area contributed by atoms with Gasteiger partial charge in [-0.15, -0.1) is 0 Å². The molecule has 0 radical (unpaired) electrons. The predicted molar refractivity (Wildman–Crippen MR) is 128 cm³/mol. The molecule has 190 valence electrons. The lowest BCUT2D eigenvalue weighted by Gasteiger charge is -2.32. The standard InChI is InChI=1S/C23H20N2O6.CH4O3S/c1-11-14(23(30)25-9-7-24(2)8-10-25)17-20(28)15-16(21(29)22(17)31-11)19(27)13-6-4-3-5-12(13)18(15)26;1-5(2,3)4/h3-6,26-27H,7-10H2,1-2H3;1H3,(H,2,3,4). The summed E-state index contributed by atoms with van der Waals surface area (Å²) in [6, 6.07) is 6.40. The number of rotatable bonds is 1. The molecule has 0 saturated carbocycles. The first-order valence-corrected chi connectivity index (χ1v) is 12.8. The summed E-state index contributed by atoms with van der Waals surface area (Å²) in [6.45, 7) is 3.90. The van der Waals surface area contributed by atoms with E-state index >= 15 is 0 Å². The molecule has 1 aliphatic carbocycles. The van der Waals surface area contributed by atoms with Crippen LogP contribution in [0.4, 0.5) is 0 Å². The van der Waals surface area contributed by atoms with Gasteiger partial charge >= 0.3 is 0 Å². The van der Waals surface area contributed by atoms with E-state index in [9.17, 15) is 33.0 Å². The number of aryl methyl sites for hydroxylation is 1. The second kappa shape index (κ2) is 9.04. The Morgan fingerprint density at radius 1 is 0.917 bits per heavy atom. The molecule has 5 rings (SSSR count). The Kier molecular flexibility index (Phi) is 6.37. The molecule has 36 heavy (non-hydrogen) atoms. The van der Waals surface area contributed by atoms with Crippen LogP contribution in [0.25, 0.3) is 10.8 Å². The molecule has 12 heteroatoms. The second-order valence-corrected chi connectivity index (χ2v) is 10.2. The van der Waals surface area contributed by atoms with Crippen LogP contribution in [-0.4, -0.2) is 89.9 Å². The normalized spacial score (nSPS) is 15.8. The average Bonchev–Trinajstić information content (AvgIpc) is 3.16. The maximum atomic E-state index is 13.5. The highest BCUT2D eigenvalue weighted by Crippen LogP contribution is 2.45. The van der Waals surface area contributed by atoms with Crippen molar-refractivity contribution < 1.29 is 42.0 Å². The first-order chi connectivity index (χ1) is 16.8. The highest BCUT2D eigenvalue weighted by molar-refractivity contribution is 7.85. The molecule has 0 bridgehead atoms. The summed E-state index contributed by atoms with van der Waals surface area (Å²) < 4.78 is 31.5. The molecule has 3 N–H and O–H groups in total. The van der Waals surface area contributed by atoms with Gasteiger partial charge in [0.05, 0.1) is 28.5 Å². The third kappa shape index (κ3) is 4.34. The maximum absolute atomic E-state index is 13.5. The number of phenolic OH excluding ortho intramolecular Hbond substituents is 2. The summed E-state index contributed by atoms with van der Waals surface area (Å²) >= 11 is 0. The van der Waals surface area contributed by atoms with E-state index in [0.717, 1.165) is 0 Å². The Hall–Kier alpha value is -3.74. The van der Waals surface area contributed by atoms with Crippen molar-refractivity contribution in [1.29, 1.82) is 0 Å². The van der Waals surface area contributed by atoms with Crippen LogP contribution in [-0.2, 0) is 10.1 Å². The third-order valence-electron chi connectivity index (χ3n) is 6.14. The van der Waals surface area contributed by atoms with Crippen molar-refractivity contribution in [2.75, 3.05) is 39.5 Å². The number of hydrogen-bond acceptors (Lipinski definition) is 9. The van der Waals surface area contributed by atoms with Crippen LogP contribution in [0, 0.1) is 6.92 Å². The number of benzene rings is 2. The van der Waals surface area contributed by atoms with E-state index in [0.29, 0.717) is 32.4 Å². The first kappa shape index (κ1) is 25.4. The van der Waals surface area contributed by atoms with E-state index in [4.69, 9.17) is 8.97 Å². The van der Waals surface area contributed by atoms with Gasteiger partial charge in [0.1, 0.15) is 17.3 Å². The average molecular weight is 517 g/mol. The van der Waals surface area contributed by atoms with Crippen LogP contribution in [0.3, 0.4) is 0 Å². The number of hydrogen-bond donors (Lipinski definition) is 3. The number of ketones is 2. The molecule has 1 aromatic heterocycles. The maximum Gasteiger partial charge on any atom is 0.261 e. The van der Waals surface area contributed by atoms with Crippen molar-refractivity contribution in [1.82, 2.24) is 9.80 Å². The number of likely N-dealkylation sites (N-methyl/N-ethyl adjacent to an activating group) is 1. The number of carbonyl (C=O) groups is 3. The first-order valence-electron chi connectivity index (χ1n) is 10.9. The van der Waals surface area contributed by atoms with Crippen molar-refractivity contribution in [3.8, 4) is 11.5 Å². The van der Waals surface area contributed by atoms with Crippen LogP contribution < -0.4 is 0 Å². The van der Waals surface area contributed by atoms with Gasteiger partial charge < -0.3 is 24.4 Å². The molecule has 3 aromatic rings. The van der Waals surface area contributed by atoms with Crippen LogP contribution in [0.15, 0.2) is 28.7 Å². The molecule has 0 atom stereocenters. The lowest BCUT2D eigenvalue weighted by atomic mass is 9.83. The van der Waals surface area contributed by atoms with Gasteiger partial charge in [0, 0.05) is 37.0 Å². The second-order valence-electron chi connectivity index (χ2n) is 8.72. The molecule has 2 aromatic carbocycles. The number of furan rings is 1. The Morgan fingerprint density at radius 2 is 1.39 bits per heavy atom. The number of nitrogens with zero attached hydrogens (tertiary/aromatic N) is 2. The minimum atomic E-state index is -3.67. The summed E-state index contributed by atoms with van der Waals surface area (Å²) in [7, 11) is -1.70. The summed E-state index contributed by atoms with van der Waals surface area (Å²) in [4.78, 5) is 43.7. The Labute approximate surface area is 206 Å². The van der Waals surface area contributed by atoms with Gasteiger partial charge in [-0.2, -0.15) is 8.42 Å². The van der Waals surface area contributed by atoms with Gasteiger partial charge in [0.2, 0.25) is 11.6 Å². The molecule has 11 nitrogen and oxygen atoms in total. The molecule has 0 unspecified atom stereocenters. The lowest BCUT2D eigenvalue weighted by molar-refractivity contribution is 0.0659. The van der Waals surface area contributed by atoms with Crippen molar-refractivity contribution >= 4 is 38.4 Å². The molecule has 1 aliphatic heterocycles. The molecule has 1 fully saturated rings. The number of phenols is 2. The highest BCUT2D eigenvalue weighted by Gasteiger charge is 2.43. The molecule has 1 amide bonds. The largest absolute Gasteiger partial charge is 0.506 e. The number of amides is 1. The van der Waals surface area contributed by atoms with Gasteiger partial charge in [-0.05, 0) is 14.0 Å². The van der Waals surface area contributed by atoms with Crippen molar-refractivity contribution in [3.05, 3.63) is 58.0 Å². The fraction of sp³-hybridized carbons (Fsp3) is 0.292. The molecule has 0 spiro atoms. The Bertz CT molecular complexity index is 1520. The molecule has 1 saturated heterocycles. The van der Waals surface area contributed by atoms with E-state index < -0.39 is 33.2 Å². The topological polar surface area (TPSA) is 166 Å². The number of aromatic hydroxyl groups is 2. The van der Waals surface area contributed by atoms with E-state index in [1.165, 1.54) is 6.92 Å². The van der Waals surface area contributed by atoms with Gasteiger partial charge in [0.25, 0.3) is 16.0 Å². The van der Waals surface area contributed by atoms with Gasteiger partial charge in [-0.1, -0.05) is 24.3 Å². The zero-order chi connectivity index (χ0) is 26.5. The predicted octanol–water partition coefficient (Wildman–Crippen LogP) is 1.82. The Morgan fingerprint density at radius 3 is 1.89 bits per heavy atom. The van der Waals surface area contributed by atoms with Crippen molar-refractivity contribution in [2.24, 2.45) is 0 Å². The van der Waals surface area contributed by atoms with Crippen molar-refractivity contribution in [2.45, 2.75) is 6.92 Å². The van der Waals surface area contributed by atoms with Crippen LogP contribution >= 0.6 is 0 Å². The summed E-state index contributed by atoms with van der Waals surface area (Å²) in [5.41, 5.74) is -0.720. The van der Waals surface area contributed by atoms with E-state index in [2.05, 4.69) is 4.90 Å². The van der Waals surface area contributed by atoms with Crippen LogP contribution in [0.5, 0.6) is 11.5 Å². The summed E-state index contributed by atoms with van der Waals surface area (Å²) in [5.74, 6) is -2.74. The smallest absolute Gasteiger partial charge is 0.261 e. The van der Waals surface area contributed by atoms with E-state index in [1.54, 1.807) is 29.2 Å². The fourth-order valence-electron chi connectivity index (χ4n) is 4.43. The fourth-order valence-corrected chi connectivity index (χ4v) is 4.43.